The number of hydrogen-bond donors (Lipinski definition) is 2. The van der Waals surface area contributed by atoms with Crippen LogP contribution in [-0.4, -0.2) is 49.6 Å². The first kappa shape index (κ1) is 24.9. The van der Waals surface area contributed by atoms with Gasteiger partial charge in [0.15, 0.2) is 5.96 Å². The fourth-order valence-electron chi connectivity index (χ4n) is 4.35. The summed E-state index contributed by atoms with van der Waals surface area (Å²) in [6, 6.07) is 8.11. The number of carbonyl (C=O) groups excluding carboxylic acids is 1. The minimum atomic E-state index is 0. The van der Waals surface area contributed by atoms with Gasteiger partial charge in [-0.2, -0.15) is 0 Å². The van der Waals surface area contributed by atoms with Crippen LogP contribution in [0.3, 0.4) is 0 Å². The fourth-order valence-corrected chi connectivity index (χ4v) is 4.35. The minimum Gasteiger partial charge on any atom is -0.378 e. The molecule has 1 aromatic rings. The quantitative estimate of drug-likeness (QED) is 0.327. The van der Waals surface area contributed by atoms with Crippen LogP contribution in [0, 0.1) is 5.92 Å². The maximum Gasteiger partial charge on any atom is 0.227 e. The van der Waals surface area contributed by atoms with Gasteiger partial charge in [-0.1, -0.05) is 31.4 Å². The third kappa shape index (κ3) is 7.41. The fraction of sp³-hybridized carbons (Fsp3) is 0.652. The van der Waals surface area contributed by atoms with Crippen LogP contribution in [0.15, 0.2) is 29.3 Å². The number of hydrogen-bond acceptors (Lipinski definition) is 3. The van der Waals surface area contributed by atoms with Gasteiger partial charge in [0.05, 0.1) is 6.10 Å². The molecule has 1 heterocycles. The second kappa shape index (κ2) is 13.1. The van der Waals surface area contributed by atoms with Gasteiger partial charge >= 0.3 is 0 Å². The summed E-state index contributed by atoms with van der Waals surface area (Å²) in [5, 5.41) is 6.58. The van der Waals surface area contributed by atoms with Crippen molar-refractivity contribution in [1.29, 1.82) is 0 Å². The molecule has 2 N–H and O–H groups in total. The van der Waals surface area contributed by atoms with E-state index < -0.39 is 0 Å². The van der Waals surface area contributed by atoms with E-state index in [0.717, 1.165) is 62.6 Å². The van der Waals surface area contributed by atoms with Gasteiger partial charge in [-0.15, -0.1) is 24.0 Å². The summed E-state index contributed by atoms with van der Waals surface area (Å²) in [4.78, 5) is 19.3. The molecular weight excluding hydrogens is 491 g/mol. The van der Waals surface area contributed by atoms with E-state index in [1.54, 1.807) is 0 Å². The van der Waals surface area contributed by atoms with E-state index in [4.69, 9.17) is 4.74 Å². The van der Waals surface area contributed by atoms with Gasteiger partial charge in [0.25, 0.3) is 0 Å². The summed E-state index contributed by atoms with van der Waals surface area (Å²) in [5.41, 5.74) is 2.02. The first-order chi connectivity index (χ1) is 14.2. The predicted molar refractivity (Wildman–Crippen MR) is 133 cm³/mol. The van der Waals surface area contributed by atoms with E-state index in [9.17, 15) is 4.79 Å². The highest BCUT2D eigenvalue weighted by atomic mass is 127. The Labute approximate surface area is 198 Å². The summed E-state index contributed by atoms with van der Waals surface area (Å²) in [6.45, 7) is 5.44. The molecule has 0 spiro atoms. The van der Waals surface area contributed by atoms with Crippen molar-refractivity contribution in [3.8, 4) is 0 Å². The highest BCUT2D eigenvalue weighted by molar-refractivity contribution is 14.0. The second-order valence-corrected chi connectivity index (χ2v) is 8.07. The highest BCUT2D eigenvalue weighted by Crippen LogP contribution is 2.25. The molecule has 2 fully saturated rings. The zero-order chi connectivity index (χ0) is 20.5. The third-order valence-corrected chi connectivity index (χ3v) is 5.98. The van der Waals surface area contributed by atoms with Gasteiger partial charge in [-0.25, -0.2) is 0 Å². The SMILES string of the molecule is CCOC1CCN(C(=NC)NCc2cccc(NC(=O)C3CCCCC3)c2)CC1.I. The Morgan fingerprint density at radius 3 is 2.57 bits per heavy atom. The van der Waals surface area contributed by atoms with Gasteiger partial charge in [0.1, 0.15) is 0 Å². The Hall–Kier alpha value is -1.35. The van der Waals surface area contributed by atoms with Crippen LogP contribution in [-0.2, 0) is 16.1 Å². The molecular formula is C23H37IN4O2. The van der Waals surface area contributed by atoms with Crippen LogP contribution < -0.4 is 10.6 Å². The molecule has 0 aromatic heterocycles. The first-order valence-electron chi connectivity index (χ1n) is 11.2. The van der Waals surface area contributed by atoms with Crippen LogP contribution in [0.25, 0.3) is 0 Å². The van der Waals surface area contributed by atoms with Crippen molar-refractivity contribution in [2.45, 2.75) is 64.5 Å². The molecule has 168 valence electrons. The number of nitrogens with one attached hydrogen (secondary N) is 2. The number of piperidine rings is 1. The van der Waals surface area contributed by atoms with Crippen molar-refractivity contribution in [2.24, 2.45) is 10.9 Å². The molecule has 1 aliphatic heterocycles. The number of halogens is 1. The third-order valence-electron chi connectivity index (χ3n) is 5.98. The zero-order valence-corrected chi connectivity index (χ0v) is 20.7. The van der Waals surface area contributed by atoms with E-state index in [1.807, 2.05) is 19.2 Å². The number of likely N-dealkylation sites (tertiary alicyclic amines) is 1. The summed E-state index contributed by atoms with van der Waals surface area (Å²) >= 11 is 0. The Morgan fingerprint density at radius 2 is 1.90 bits per heavy atom. The predicted octanol–water partition coefficient (Wildman–Crippen LogP) is 4.40. The van der Waals surface area contributed by atoms with Gasteiger partial charge < -0.3 is 20.3 Å². The molecule has 0 bridgehead atoms. The van der Waals surface area contributed by atoms with Crippen LogP contribution in [0.4, 0.5) is 5.69 Å². The van der Waals surface area contributed by atoms with Crippen molar-refractivity contribution < 1.29 is 9.53 Å². The van der Waals surface area contributed by atoms with Crippen molar-refractivity contribution in [3.05, 3.63) is 29.8 Å². The number of rotatable bonds is 6. The Morgan fingerprint density at radius 1 is 1.17 bits per heavy atom. The first-order valence-corrected chi connectivity index (χ1v) is 11.2. The van der Waals surface area contributed by atoms with Crippen molar-refractivity contribution >= 4 is 41.5 Å². The maximum absolute atomic E-state index is 12.5. The molecule has 1 aliphatic carbocycles. The lowest BCUT2D eigenvalue weighted by Gasteiger charge is -2.34. The normalized spacial score (nSPS) is 18.6. The Kier molecular flexibility index (Phi) is 10.9. The molecule has 1 saturated heterocycles. The summed E-state index contributed by atoms with van der Waals surface area (Å²) in [7, 11) is 1.83. The van der Waals surface area contributed by atoms with Crippen molar-refractivity contribution in [1.82, 2.24) is 10.2 Å². The minimum absolute atomic E-state index is 0. The lowest BCUT2D eigenvalue weighted by Crippen LogP contribution is -2.46. The van der Waals surface area contributed by atoms with Crippen LogP contribution >= 0.6 is 24.0 Å². The molecule has 1 amide bonds. The van der Waals surface area contributed by atoms with Crippen LogP contribution in [0.1, 0.15) is 57.4 Å². The molecule has 30 heavy (non-hydrogen) atoms. The van der Waals surface area contributed by atoms with Gasteiger partial charge in [0.2, 0.25) is 5.91 Å². The van der Waals surface area contributed by atoms with Crippen molar-refractivity contribution in [3.63, 3.8) is 0 Å². The van der Waals surface area contributed by atoms with Gasteiger partial charge in [-0.3, -0.25) is 9.79 Å². The number of benzene rings is 1. The molecule has 1 aromatic carbocycles. The molecule has 1 saturated carbocycles. The topological polar surface area (TPSA) is 66.0 Å². The van der Waals surface area contributed by atoms with E-state index in [2.05, 4.69) is 39.6 Å². The molecule has 3 rings (SSSR count). The smallest absolute Gasteiger partial charge is 0.227 e. The zero-order valence-electron chi connectivity index (χ0n) is 18.4. The monoisotopic (exact) mass is 528 g/mol. The Balaban J connectivity index is 0.00000320. The molecule has 6 nitrogen and oxygen atoms in total. The van der Waals surface area contributed by atoms with Crippen molar-refractivity contribution in [2.75, 3.05) is 32.1 Å². The highest BCUT2D eigenvalue weighted by Gasteiger charge is 2.22. The van der Waals surface area contributed by atoms with Gasteiger partial charge in [-0.05, 0) is 50.3 Å². The number of carbonyl (C=O) groups is 1. The van der Waals surface area contributed by atoms with Gasteiger partial charge in [0, 0.05) is 44.9 Å². The van der Waals surface area contributed by atoms with E-state index >= 15 is 0 Å². The molecule has 0 unspecified atom stereocenters. The standard InChI is InChI=1S/C23H36N4O2.HI/c1-3-29-21-12-14-27(15-13-21)23(24-2)25-17-18-8-7-11-20(16-18)26-22(28)19-9-5-4-6-10-19;/h7-8,11,16,19,21H,3-6,9-10,12-15,17H2,1-2H3,(H,24,25)(H,26,28);1H. The maximum atomic E-state index is 12.5. The second-order valence-electron chi connectivity index (χ2n) is 8.07. The van der Waals surface area contributed by atoms with Crippen LogP contribution in [0.5, 0.6) is 0 Å². The number of anilines is 1. The van der Waals surface area contributed by atoms with E-state index in [1.165, 1.54) is 19.3 Å². The molecule has 2 aliphatic rings. The summed E-state index contributed by atoms with van der Waals surface area (Å²) in [6.07, 6.45) is 8.08. The lowest BCUT2D eigenvalue weighted by atomic mass is 9.88. The van der Waals surface area contributed by atoms with E-state index in [-0.39, 0.29) is 35.8 Å². The Bertz CT molecular complexity index is 684. The molecule has 7 heteroatoms. The van der Waals surface area contributed by atoms with Crippen LogP contribution in [0.2, 0.25) is 0 Å². The number of nitrogens with zero attached hydrogens (tertiary/aromatic N) is 2. The van der Waals surface area contributed by atoms with E-state index in [0.29, 0.717) is 12.6 Å². The average molecular weight is 528 g/mol. The average Bonchev–Trinajstić information content (AvgIpc) is 2.76. The summed E-state index contributed by atoms with van der Waals surface area (Å²) < 4.78 is 5.74. The molecule has 0 radical (unpaired) electrons. The number of amides is 1. The summed E-state index contributed by atoms with van der Waals surface area (Å²) in [5.74, 6) is 1.27. The molecule has 0 atom stereocenters. The number of aliphatic imine (C=N–C) groups is 1. The number of ether oxygens (including phenoxy) is 1. The lowest BCUT2D eigenvalue weighted by molar-refractivity contribution is -0.120. The largest absolute Gasteiger partial charge is 0.378 e. The number of guanidine groups is 1.